The number of piperidine rings is 1. The van der Waals surface area contributed by atoms with E-state index in [1.54, 1.807) is 36.4 Å². The quantitative estimate of drug-likeness (QED) is 0.211. The molecule has 15 heteroatoms. The van der Waals surface area contributed by atoms with E-state index in [4.69, 9.17) is 10.5 Å². The van der Waals surface area contributed by atoms with Crippen LogP contribution in [0, 0.1) is 5.41 Å². The maximum atomic E-state index is 13.2. The predicted molar refractivity (Wildman–Crippen MR) is 187 cm³/mol. The molecule has 6 aliphatic rings. The first-order valence-electron chi connectivity index (χ1n) is 17.7. The van der Waals surface area contributed by atoms with Crippen molar-refractivity contribution in [3.8, 4) is 22.8 Å². The van der Waals surface area contributed by atoms with Crippen LogP contribution >= 0.6 is 0 Å². The Kier molecular flexibility index (Phi) is 8.32. The molecule has 0 spiro atoms. The van der Waals surface area contributed by atoms with Crippen molar-refractivity contribution in [1.82, 2.24) is 30.6 Å². The molecule has 3 aliphatic carbocycles. The SMILES string of the molecule is Nc1nnc(-c2ccccc2O)cc1OCCC12CC(NC(=O)CCN3CCN(c4ccc5c(c4)C(=O)N(C4CCC(=O)NC4=O)C5=O)CC3)(C1)C2. The molecule has 52 heavy (non-hydrogen) atoms. The summed E-state index contributed by atoms with van der Waals surface area (Å²) >= 11 is 0. The molecule has 0 radical (unpaired) electrons. The Morgan fingerprint density at radius 2 is 1.71 bits per heavy atom. The van der Waals surface area contributed by atoms with Gasteiger partial charge in [-0.1, -0.05) is 12.1 Å². The van der Waals surface area contributed by atoms with Gasteiger partial charge in [-0.15, -0.1) is 10.2 Å². The molecule has 3 aliphatic heterocycles. The van der Waals surface area contributed by atoms with E-state index in [9.17, 15) is 29.1 Å². The number of nitrogens with zero attached hydrogens (tertiary/aromatic N) is 5. The second-order valence-corrected chi connectivity index (χ2v) is 14.7. The number of nitrogens with two attached hydrogens (primary N) is 1. The van der Waals surface area contributed by atoms with Gasteiger partial charge in [0.2, 0.25) is 17.7 Å². The van der Waals surface area contributed by atoms with E-state index in [0.717, 1.165) is 49.4 Å². The van der Waals surface area contributed by atoms with Crippen molar-refractivity contribution in [2.45, 2.75) is 56.5 Å². The average Bonchev–Trinajstić information content (AvgIpc) is 3.35. The normalized spacial score (nSPS) is 25.3. The summed E-state index contributed by atoms with van der Waals surface area (Å²) in [5.74, 6) is -1.28. The lowest BCUT2D eigenvalue weighted by molar-refractivity contribution is -0.171. The third-order valence-corrected chi connectivity index (χ3v) is 11.2. The summed E-state index contributed by atoms with van der Waals surface area (Å²) < 4.78 is 5.99. The van der Waals surface area contributed by atoms with Gasteiger partial charge in [0.1, 0.15) is 17.5 Å². The van der Waals surface area contributed by atoms with Gasteiger partial charge in [-0.05, 0) is 67.9 Å². The summed E-state index contributed by atoms with van der Waals surface area (Å²) in [5.41, 5.74) is 8.44. The molecule has 270 valence electrons. The third kappa shape index (κ3) is 6.08. The number of rotatable bonds is 11. The zero-order chi connectivity index (χ0) is 36.2. The largest absolute Gasteiger partial charge is 0.507 e. The fraction of sp³-hybridized carbons (Fsp3) is 0.432. The zero-order valence-electron chi connectivity index (χ0n) is 28.6. The van der Waals surface area contributed by atoms with Crippen LogP contribution in [0.3, 0.4) is 0 Å². The highest BCUT2D eigenvalue weighted by atomic mass is 16.5. The summed E-state index contributed by atoms with van der Waals surface area (Å²) in [6, 6.07) is 12.8. The molecular formula is C37H40N8O7. The number of ether oxygens (including phenoxy) is 1. The molecular weight excluding hydrogens is 668 g/mol. The number of anilines is 2. The highest BCUT2D eigenvalue weighted by Gasteiger charge is 2.67. The van der Waals surface area contributed by atoms with Crippen LogP contribution in [-0.2, 0) is 14.4 Å². The number of phenolic OH excluding ortho intramolecular Hbond substituents is 1. The van der Waals surface area contributed by atoms with E-state index in [1.807, 2.05) is 12.1 Å². The van der Waals surface area contributed by atoms with Crippen molar-refractivity contribution in [1.29, 1.82) is 0 Å². The maximum absolute atomic E-state index is 13.2. The van der Waals surface area contributed by atoms with Gasteiger partial charge in [0.15, 0.2) is 11.6 Å². The number of imide groups is 2. The second kappa shape index (κ2) is 12.9. The molecule has 5 amide bonds. The van der Waals surface area contributed by atoms with E-state index in [1.165, 1.54) is 0 Å². The summed E-state index contributed by atoms with van der Waals surface area (Å²) in [4.78, 5) is 68.6. The molecule has 1 aromatic heterocycles. The van der Waals surface area contributed by atoms with Crippen LogP contribution < -0.4 is 26.0 Å². The summed E-state index contributed by atoms with van der Waals surface area (Å²) in [5, 5.41) is 23.8. The van der Waals surface area contributed by atoms with Crippen LogP contribution in [0.2, 0.25) is 0 Å². The number of para-hydroxylation sites is 1. The number of fused-ring (bicyclic) bond motifs is 1. The lowest BCUT2D eigenvalue weighted by Crippen LogP contribution is -2.74. The lowest BCUT2D eigenvalue weighted by Gasteiger charge is -2.71. The first kappa shape index (κ1) is 33.6. The van der Waals surface area contributed by atoms with Crippen LogP contribution in [-0.4, -0.2) is 106 Å². The molecule has 2 aromatic carbocycles. The number of phenols is 1. The standard InChI is InChI=1S/C37H40N8O7/c38-32-29(18-26(41-42-32)24-3-1-2-4-28(24)46)52-16-10-36-19-37(20-36,21-36)40-31(48)9-11-43-12-14-44(15-13-43)22-5-6-23-25(17-22)35(51)45(34(23)50)27-7-8-30(47)39-33(27)49/h1-6,17-18,27,46H,7-16,19-21H2,(H2,38,42)(H,40,48)(H,39,47,49). The van der Waals surface area contributed by atoms with Crippen LogP contribution in [0.4, 0.5) is 11.5 Å². The van der Waals surface area contributed by atoms with Crippen molar-refractivity contribution >= 4 is 41.0 Å². The molecule has 3 aromatic rings. The number of nitrogen functional groups attached to an aromatic ring is 1. The molecule has 5 fully saturated rings. The summed E-state index contributed by atoms with van der Waals surface area (Å²) in [6.07, 6.45) is 4.25. The Labute approximate surface area is 299 Å². The molecule has 5 N–H and O–H groups in total. The van der Waals surface area contributed by atoms with Crippen LogP contribution in [0.25, 0.3) is 11.3 Å². The Morgan fingerprint density at radius 1 is 0.962 bits per heavy atom. The van der Waals surface area contributed by atoms with Gasteiger partial charge in [0, 0.05) is 68.4 Å². The minimum atomic E-state index is -0.992. The van der Waals surface area contributed by atoms with Crippen molar-refractivity contribution in [2.75, 3.05) is 50.0 Å². The number of nitrogens with one attached hydrogen (secondary N) is 2. The smallest absolute Gasteiger partial charge is 0.262 e. The molecule has 15 nitrogen and oxygen atoms in total. The number of benzene rings is 2. The molecule has 1 atom stereocenters. The molecule has 4 heterocycles. The number of carbonyl (C=O) groups excluding carboxylic acids is 5. The van der Waals surface area contributed by atoms with Gasteiger partial charge >= 0.3 is 0 Å². The average molecular weight is 709 g/mol. The first-order valence-corrected chi connectivity index (χ1v) is 17.7. The lowest BCUT2D eigenvalue weighted by atomic mass is 9.38. The number of hydrogen-bond donors (Lipinski definition) is 4. The van der Waals surface area contributed by atoms with Gasteiger partial charge < -0.3 is 25.8 Å². The van der Waals surface area contributed by atoms with E-state index < -0.39 is 29.7 Å². The van der Waals surface area contributed by atoms with Crippen LogP contribution in [0.5, 0.6) is 11.5 Å². The maximum Gasteiger partial charge on any atom is 0.262 e. The fourth-order valence-electron chi connectivity index (χ4n) is 8.60. The van der Waals surface area contributed by atoms with E-state index in [2.05, 4.69) is 30.6 Å². The Morgan fingerprint density at radius 3 is 2.46 bits per heavy atom. The molecule has 2 bridgehead atoms. The number of amides is 5. The van der Waals surface area contributed by atoms with Crippen molar-refractivity contribution in [3.05, 3.63) is 59.7 Å². The monoisotopic (exact) mass is 708 g/mol. The highest BCUT2D eigenvalue weighted by molar-refractivity contribution is 6.23. The molecule has 3 saturated carbocycles. The number of carbonyl (C=O) groups is 5. The van der Waals surface area contributed by atoms with Gasteiger partial charge in [-0.25, -0.2) is 0 Å². The van der Waals surface area contributed by atoms with E-state index in [0.29, 0.717) is 49.7 Å². The van der Waals surface area contributed by atoms with Gasteiger partial charge in [-0.2, -0.15) is 0 Å². The number of hydrogen-bond acceptors (Lipinski definition) is 12. The number of aromatic hydroxyl groups is 1. The Hall–Kier alpha value is -5.57. The van der Waals surface area contributed by atoms with Crippen LogP contribution in [0.15, 0.2) is 48.5 Å². The molecule has 9 rings (SSSR count). The van der Waals surface area contributed by atoms with Crippen molar-refractivity contribution < 1.29 is 33.8 Å². The minimum absolute atomic E-state index is 0.0571. The second-order valence-electron chi connectivity index (χ2n) is 14.7. The van der Waals surface area contributed by atoms with E-state index >= 15 is 0 Å². The van der Waals surface area contributed by atoms with Crippen molar-refractivity contribution in [2.24, 2.45) is 5.41 Å². The first-order chi connectivity index (χ1) is 25.0. The summed E-state index contributed by atoms with van der Waals surface area (Å²) in [6.45, 7) is 4.01. The number of aromatic nitrogens is 2. The minimum Gasteiger partial charge on any atom is -0.507 e. The predicted octanol–water partition coefficient (Wildman–Crippen LogP) is 1.85. The number of piperazine rings is 1. The Balaban J connectivity index is 0.760. The van der Waals surface area contributed by atoms with E-state index in [-0.39, 0.29) is 52.4 Å². The fourth-order valence-corrected chi connectivity index (χ4v) is 8.60. The van der Waals surface area contributed by atoms with Gasteiger partial charge in [0.25, 0.3) is 11.8 Å². The molecule has 1 unspecified atom stereocenters. The zero-order valence-corrected chi connectivity index (χ0v) is 28.6. The van der Waals surface area contributed by atoms with Gasteiger partial charge in [0.05, 0.1) is 17.7 Å². The highest BCUT2D eigenvalue weighted by Crippen LogP contribution is 2.68. The van der Waals surface area contributed by atoms with Crippen molar-refractivity contribution in [3.63, 3.8) is 0 Å². The third-order valence-electron chi connectivity index (χ3n) is 11.2. The molecule has 2 saturated heterocycles. The Bertz CT molecular complexity index is 1970. The van der Waals surface area contributed by atoms with Gasteiger partial charge in [-0.3, -0.25) is 39.1 Å². The summed E-state index contributed by atoms with van der Waals surface area (Å²) in [7, 11) is 0. The van der Waals surface area contributed by atoms with Crippen LogP contribution in [0.1, 0.15) is 65.7 Å². The topological polar surface area (TPSA) is 200 Å².